The minimum absolute atomic E-state index is 0.126. The van der Waals surface area contributed by atoms with Crippen molar-refractivity contribution < 1.29 is 19.4 Å². The van der Waals surface area contributed by atoms with Crippen molar-refractivity contribution in [3.05, 3.63) is 29.3 Å². The van der Waals surface area contributed by atoms with Crippen molar-refractivity contribution in [2.75, 3.05) is 13.7 Å². The summed E-state index contributed by atoms with van der Waals surface area (Å²) < 4.78 is 10.1. The first kappa shape index (κ1) is 16.5. The normalized spacial score (nSPS) is 12.9. The lowest BCUT2D eigenvalue weighted by Gasteiger charge is -2.20. The largest absolute Gasteiger partial charge is 0.496 e. The van der Waals surface area contributed by atoms with Crippen molar-refractivity contribution >= 4 is 5.97 Å². The monoisotopic (exact) mass is 280 g/mol. The van der Waals surface area contributed by atoms with Gasteiger partial charge < -0.3 is 14.6 Å². The Hall–Kier alpha value is -1.55. The Morgan fingerprint density at radius 3 is 2.50 bits per heavy atom. The fraction of sp³-hybridized carbons (Fsp3) is 0.562. The molecule has 0 spiro atoms. The average Bonchev–Trinajstić information content (AvgIpc) is 2.36. The van der Waals surface area contributed by atoms with Crippen LogP contribution < -0.4 is 4.74 Å². The number of hydrogen-bond acceptors (Lipinski definition) is 4. The van der Waals surface area contributed by atoms with E-state index < -0.39 is 12.1 Å². The van der Waals surface area contributed by atoms with Gasteiger partial charge in [-0.3, -0.25) is 0 Å². The molecule has 0 aliphatic rings. The van der Waals surface area contributed by atoms with Gasteiger partial charge in [0.15, 0.2) is 6.10 Å². The predicted octanol–water partition coefficient (Wildman–Crippen LogP) is 2.88. The van der Waals surface area contributed by atoms with Crippen LogP contribution in [-0.4, -0.2) is 24.8 Å². The zero-order valence-electron chi connectivity index (χ0n) is 12.9. The number of ether oxygens (including phenoxy) is 2. The third-order valence-corrected chi connectivity index (χ3v) is 2.83. The minimum Gasteiger partial charge on any atom is -0.496 e. The molecule has 1 N–H and O–H groups in total. The zero-order chi connectivity index (χ0) is 15.3. The highest BCUT2D eigenvalue weighted by atomic mass is 16.5. The molecule has 0 aliphatic heterocycles. The molecule has 1 rings (SSSR count). The molecule has 1 aromatic rings. The number of carbonyl (C=O) groups excluding carboxylic acids is 1. The van der Waals surface area contributed by atoms with E-state index in [9.17, 15) is 9.90 Å². The van der Waals surface area contributed by atoms with Gasteiger partial charge in [-0.05, 0) is 36.5 Å². The second-order valence-corrected chi connectivity index (χ2v) is 5.97. The van der Waals surface area contributed by atoms with Gasteiger partial charge >= 0.3 is 5.97 Å². The number of methoxy groups -OCH3 is 1. The van der Waals surface area contributed by atoms with Gasteiger partial charge in [0.05, 0.1) is 13.7 Å². The quantitative estimate of drug-likeness (QED) is 0.843. The van der Waals surface area contributed by atoms with E-state index in [-0.39, 0.29) is 12.0 Å². The summed E-state index contributed by atoms with van der Waals surface area (Å²) >= 11 is 0. The van der Waals surface area contributed by atoms with Crippen LogP contribution in [0.2, 0.25) is 0 Å². The number of esters is 1. The van der Waals surface area contributed by atoms with Gasteiger partial charge in [0.2, 0.25) is 0 Å². The number of benzene rings is 1. The second-order valence-electron chi connectivity index (χ2n) is 5.97. The van der Waals surface area contributed by atoms with Gasteiger partial charge in [-0.1, -0.05) is 26.8 Å². The van der Waals surface area contributed by atoms with E-state index in [1.807, 2.05) is 12.1 Å². The van der Waals surface area contributed by atoms with Crippen molar-refractivity contribution in [1.82, 2.24) is 0 Å². The maximum absolute atomic E-state index is 11.7. The fourth-order valence-electron chi connectivity index (χ4n) is 2.07. The summed E-state index contributed by atoms with van der Waals surface area (Å²) in [5.41, 5.74) is 1.63. The average molecular weight is 280 g/mol. The lowest BCUT2D eigenvalue weighted by Crippen LogP contribution is -2.17. The Labute approximate surface area is 120 Å². The Bertz CT molecular complexity index is 460. The zero-order valence-corrected chi connectivity index (χ0v) is 12.9. The molecule has 0 saturated heterocycles. The molecule has 1 atom stereocenters. The molecular formula is C16H24O4. The summed E-state index contributed by atoms with van der Waals surface area (Å²) in [6.45, 7) is 8.35. The fourth-order valence-corrected chi connectivity index (χ4v) is 2.07. The lowest BCUT2D eigenvalue weighted by atomic mass is 9.87. The maximum atomic E-state index is 11.7. The number of aliphatic hydroxyl groups excluding tert-OH is 1. The number of aliphatic hydroxyl groups is 1. The highest BCUT2D eigenvalue weighted by Gasteiger charge is 2.23. The number of rotatable bonds is 5. The molecule has 20 heavy (non-hydrogen) atoms. The molecule has 0 bridgehead atoms. The van der Waals surface area contributed by atoms with Crippen LogP contribution in [0.4, 0.5) is 0 Å². The van der Waals surface area contributed by atoms with E-state index in [4.69, 9.17) is 9.47 Å². The van der Waals surface area contributed by atoms with Crippen molar-refractivity contribution in [1.29, 1.82) is 0 Å². The minimum atomic E-state index is -1.31. The summed E-state index contributed by atoms with van der Waals surface area (Å²) in [4.78, 5) is 11.7. The van der Waals surface area contributed by atoms with Crippen LogP contribution >= 0.6 is 0 Å². The highest BCUT2D eigenvalue weighted by Crippen LogP contribution is 2.30. The molecule has 4 nitrogen and oxygen atoms in total. The highest BCUT2D eigenvalue weighted by molar-refractivity contribution is 5.77. The molecule has 0 amide bonds. The van der Waals surface area contributed by atoms with Gasteiger partial charge in [0.1, 0.15) is 5.75 Å². The number of hydrogen-bond donors (Lipinski definition) is 1. The lowest BCUT2D eigenvalue weighted by molar-refractivity contribution is -0.153. The molecule has 0 radical (unpaired) electrons. The van der Waals surface area contributed by atoms with Crippen molar-refractivity contribution in [3.8, 4) is 5.75 Å². The first-order chi connectivity index (χ1) is 9.28. The molecule has 4 heteroatoms. The Kier molecular flexibility index (Phi) is 5.57. The maximum Gasteiger partial charge on any atom is 0.339 e. The smallest absolute Gasteiger partial charge is 0.339 e. The van der Waals surface area contributed by atoms with E-state index >= 15 is 0 Å². The van der Waals surface area contributed by atoms with Gasteiger partial charge in [-0.15, -0.1) is 0 Å². The Morgan fingerprint density at radius 2 is 2.00 bits per heavy atom. The Morgan fingerprint density at radius 1 is 1.35 bits per heavy atom. The molecule has 0 saturated carbocycles. The van der Waals surface area contributed by atoms with Crippen LogP contribution in [0, 0.1) is 5.41 Å². The molecule has 0 heterocycles. The predicted molar refractivity (Wildman–Crippen MR) is 77.7 cm³/mol. The van der Waals surface area contributed by atoms with E-state index in [1.54, 1.807) is 13.0 Å². The standard InChI is InChI=1S/C16H24O4/c1-6-20-15(18)14(17)12-9-11(10-16(2,3)4)7-8-13(12)19-5/h7-9,14,17H,6,10H2,1-5H3. The van der Waals surface area contributed by atoms with Crippen LogP contribution in [0.3, 0.4) is 0 Å². The molecule has 0 aliphatic carbocycles. The number of carbonyl (C=O) groups is 1. The molecule has 0 fully saturated rings. The van der Waals surface area contributed by atoms with Crippen LogP contribution in [0.25, 0.3) is 0 Å². The SMILES string of the molecule is CCOC(=O)C(O)c1cc(CC(C)(C)C)ccc1OC. The summed E-state index contributed by atoms with van der Waals surface area (Å²) in [6, 6.07) is 5.54. The van der Waals surface area contributed by atoms with E-state index in [0.717, 1.165) is 12.0 Å². The third-order valence-electron chi connectivity index (χ3n) is 2.83. The van der Waals surface area contributed by atoms with Gasteiger partial charge in [0, 0.05) is 5.56 Å². The topological polar surface area (TPSA) is 55.8 Å². The van der Waals surface area contributed by atoms with Crippen molar-refractivity contribution in [2.24, 2.45) is 5.41 Å². The first-order valence-corrected chi connectivity index (χ1v) is 6.80. The van der Waals surface area contributed by atoms with Crippen LogP contribution in [0.1, 0.15) is 44.9 Å². The molecule has 0 aromatic heterocycles. The summed E-state index contributed by atoms with van der Waals surface area (Å²) in [5, 5.41) is 10.1. The van der Waals surface area contributed by atoms with Gasteiger partial charge in [-0.25, -0.2) is 4.79 Å². The third kappa shape index (κ3) is 4.53. The molecular weight excluding hydrogens is 256 g/mol. The van der Waals surface area contributed by atoms with Crippen LogP contribution in [0.15, 0.2) is 18.2 Å². The summed E-state index contributed by atoms with van der Waals surface area (Å²) in [6.07, 6.45) is -0.468. The molecule has 1 unspecified atom stereocenters. The van der Waals surface area contributed by atoms with E-state index in [1.165, 1.54) is 7.11 Å². The van der Waals surface area contributed by atoms with Crippen molar-refractivity contribution in [3.63, 3.8) is 0 Å². The van der Waals surface area contributed by atoms with Crippen LogP contribution in [-0.2, 0) is 16.0 Å². The van der Waals surface area contributed by atoms with Crippen molar-refractivity contribution in [2.45, 2.75) is 40.2 Å². The first-order valence-electron chi connectivity index (χ1n) is 6.80. The molecule has 112 valence electrons. The van der Waals surface area contributed by atoms with Gasteiger partial charge in [0.25, 0.3) is 0 Å². The van der Waals surface area contributed by atoms with E-state index in [0.29, 0.717) is 11.3 Å². The second kappa shape index (κ2) is 6.75. The Balaban J connectivity index is 3.08. The van der Waals surface area contributed by atoms with Gasteiger partial charge in [-0.2, -0.15) is 0 Å². The molecule has 1 aromatic carbocycles. The van der Waals surface area contributed by atoms with E-state index in [2.05, 4.69) is 20.8 Å². The summed E-state index contributed by atoms with van der Waals surface area (Å²) in [7, 11) is 1.51. The summed E-state index contributed by atoms with van der Waals surface area (Å²) in [5.74, 6) is -0.165. The van der Waals surface area contributed by atoms with Crippen LogP contribution in [0.5, 0.6) is 5.75 Å².